The molecule has 1 saturated heterocycles. The van der Waals surface area contributed by atoms with Crippen molar-refractivity contribution in [2.75, 3.05) is 18.0 Å². The lowest BCUT2D eigenvalue weighted by atomic mass is 10.1. The Labute approximate surface area is 180 Å². The molecule has 4 aromatic rings. The van der Waals surface area contributed by atoms with Crippen molar-refractivity contribution in [3.63, 3.8) is 0 Å². The minimum Gasteiger partial charge on any atom is -0.416 e. The summed E-state index contributed by atoms with van der Waals surface area (Å²) in [5.41, 5.74) is 4.38. The van der Waals surface area contributed by atoms with Crippen LogP contribution in [0.15, 0.2) is 63.5 Å². The molecule has 1 fully saturated rings. The van der Waals surface area contributed by atoms with Gasteiger partial charge in [-0.05, 0) is 45.0 Å². The van der Waals surface area contributed by atoms with Crippen molar-refractivity contribution in [1.82, 2.24) is 15.4 Å². The van der Waals surface area contributed by atoms with E-state index in [0.717, 1.165) is 35.5 Å². The molecular weight excluding hydrogens is 392 g/mol. The van der Waals surface area contributed by atoms with Crippen LogP contribution in [0.2, 0.25) is 0 Å². The number of rotatable bonds is 4. The van der Waals surface area contributed by atoms with Crippen LogP contribution < -0.4 is 4.90 Å². The van der Waals surface area contributed by atoms with Gasteiger partial charge < -0.3 is 18.6 Å². The molecule has 0 unspecified atom stereocenters. The standard InChI is InChI=1S/C24H24N4O3/c1-15-13-28(14-16(2)29-15)20-11-9-19(10-12-20)23-25-26-24(30-23)21-17(3)31-27-22(21)18-7-5-4-6-8-18/h4-12,15-16H,13-14H2,1-3H3/t15-,16+. The van der Waals surface area contributed by atoms with Crippen molar-refractivity contribution in [2.45, 2.75) is 33.0 Å². The average molecular weight is 416 g/mol. The van der Waals surface area contributed by atoms with Gasteiger partial charge in [-0.25, -0.2) is 0 Å². The lowest BCUT2D eigenvalue weighted by Gasteiger charge is -2.36. The minimum atomic E-state index is 0.215. The van der Waals surface area contributed by atoms with Gasteiger partial charge in [0.1, 0.15) is 17.0 Å². The van der Waals surface area contributed by atoms with Crippen LogP contribution in [0.3, 0.4) is 0 Å². The first kappa shape index (κ1) is 19.5. The third kappa shape index (κ3) is 3.84. The molecule has 0 bridgehead atoms. The van der Waals surface area contributed by atoms with E-state index in [4.69, 9.17) is 13.7 Å². The quantitative estimate of drug-likeness (QED) is 0.464. The number of aryl methyl sites for hydroxylation is 1. The SMILES string of the molecule is Cc1onc(-c2ccccc2)c1-c1nnc(-c2ccc(N3C[C@@H](C)O[C@@H](C)C3)cc2)o1. The summed E-state index contributed by atoms with van der Waals surface area (Å²) in [7, 11) is 0. The highest BCUT2D eigenvalue weighted by molar-refractivity contribution is 5.78. The summed E-state index contributed by atoms with van der Waals surface area (Å²) >= 11 is 0. The molecule has 2 aromatic heterocycles. The van der Waals surface area contributed by atoms with Gasteiger partial charge in [0.25, 0.3) is 5.89 Å². The van der Waals surface area contributed by atoms with E-state index in [1.54, 1.807) is 0 Å². The van der Waals surface area contributed by atoms with Gasteiger partial charge in [0.05, 0.1) is 12.2 Å². The molecule has 1 aliphatic heterocycles. The van der Waals surface area contributed by atoms with Crippen molar-refractivity contribution < 1.29 is 13.7 Å². The van der Waals surface area contributed by atoms with Crippen LogP contribution in [0.25, 0.3) is 34.2 Å². The van der Waals surface area contributed by atoms with Gasteiger partial charge in [-0.2, -0.15) is 0 Å². The minimum absolute atomic E-state index is 0.215. The highest BCUT2D eigenvalue weighted by Gasteiger charge is 2.24. The smallest absolute Gasteiger partial charge is 0.254 e. The Hall–Kier alpha value is -3.45. The molecule has 2 aromatic carbocycles. The molecule has 158 valence electrons. The van der Waals surface area contributed by atoms with E-state index >= 15 is 0 Å². The zero-order valence-electron chi connectivity index (χ0n) is 17.8. The predicted octanol–water partition coefficient (Wildman–Crippen LogP) is 4.98. The van der Waals surface area contributed by atoms with Gasteiger partial charge in [-0.1, -0.05) is 35.5 Å². The Morgan fingerprint density at radius 1 is 0.839 bits per heavy atom. The van der Waals surface area contributed by atoms with Gasteiger partial charge >= 0.3 is 0 Å². The molecule has 0 saturated carbocycles. The third-order valence-corrected chi connectivity index (χ3v) is 5.45. The molecule has 0 spiro atoms. The molecule has 0 N–H and O–H groups in total. The fraction of sp³-hybridized carbons (Fsp3) is 0.292. The fourth-order valence-corrected chi connectivity index (χ4v) is 4.06. The summed E-state index contributed by atoms with van der Waals surface area (Å²) in [4.78, 5) is 2.34. The molecule has 0 aliphatic carbocycles. The lowest BCUT2D eigenvalue weighted by molar-refractivity contribution is -0.00521. The zero-order chi connectivity index (χ0) is 21.4. The normalized spacial score (nSPS) is 19.0. The summed E-state index contributed by atoms with van der Waals surface area (Å²) in [6.45, 7) is 7.81. The third-order valence-electron chi connectivity index (χ3n) is 5.45. The van der Waals surface area contributed by atoms with Gasteiger partial charge in [0.2, 0.25) is 5.89 Å². The number of hydrogen-bond donors (Lipinski definition) is 0. The maximum Gasteiger partial charge on any atom is 0.254 e. The second-order valence-electron chi connectivity index (χ2n) is 7.95. The number of anilines is 1. The van der Waals surface area contributed by atoms with Crippen LogP contribution in [-0.2, 0) is 4.74 Å². The number of nitrogens with zero attached hydrogens (tertiary/aromatic N) is 4. The van der Waals surface area contributed by atoms with Crippen LogP contribution in [0.4, 0.5) is 5.69 Å². The first-order chi connectivity index (χ1) is 15.1. The molecule has 2 atom stereocenters. The van der Waals surface area contributed by atoms with Crippen LogP contribution in [0, 0.1) is 6.92 Å². The van der Waals surface area contributed by atoms with Crippen molar-refractivity contribution >= 4 is 5.69 Å². The van der Waals surface area contributed by atoms with Crippen LogP contribution in [0.1, 0.15) is 19.6 Å². The Morgan fingerprint density at radius 2 is 1.52 bits per heavy atom. The predicted molar refractivity (Wildman–Crippen MR) is 118 cm³/mol. The average Bonchev–Trinajstić information content (AvgIpc) is 3.40. The topological polar surface area (TPSA) is 77.4 Å². The zero-order valence-corrected chi connectivity index (χ0v) is 17.8. The molecule has 7 heteroatoms. The molecule has 0 amide bonds. The Kier molecular flexibility index (Phi) is 5.03. The maximum atomic E-state index is 6.02. The lowest BCUT2D eigenvalue weighted by Crippen LogP contribution is -2.45. The van der Waals surface area contributed by atoms with Crippen molar-refractivity contribution in [2.24, 2.45) is 0 Å². The van der Waals surface area contributed by atoms with E-state index in [9.17, 15) is 0 Å². The second-order valence-corrected chi connectivity index (χ2v) is 7.95. The Morgan fingerprint density at radius 3 is 2.23 bits per heavy atom. The van der Waals surface area contributed by atoms with E-state index < -0.39 is 0 Å². The number of hydrogen-bond acceptors (Lipinski definition) is 7. The van der Waals surface area contributed by atoms with E-state index in [-0.39, 0.29) is 12.2 Å². The van der Waals surface area contributed by atoms with Crippen molar-refractivity contribution in [3.05, 3.63) is 60.4 Å². The summed E-state index contributed by atoms with van der Waals surface area (Å²) in [5, 5.41) is 12.7. The van der Waals surface area contributed by atoms with Gasteiger partial charge in [0.15, 0.2) is 0 Å². The number of benzene rings is 2. The molecule has 0 radical (unpaired) electrons. The Balaban J connectivity index is 1.41. The van der Waals surface area contributed by atoms with E-state index in [2.05, 4.69) is 46.2 Å². The maximum absolute atomic E-state index is 6.02. The summed E-state index contributed by atoms with van der Waals surface area (Å²) in [6, 6.07) is 18.0. The van der Waals surface area contributed by atoms with Gasteiger partial charge in [-0.15, -0.1) is 10.2 Å². The van der Waals surface area contributed by atoms with Gasteiger partial charge in [-0.3, -0.25) is 0 Å². The first-order valence-corrected chi connectivity index (χ1v) is 10.4. The number of morpholine rings is 1. The van der Waals surface area contributed by atoms with Crippen LogP contribution in [-0.4, -0.2) is 40.7 Å². The summed E-state index contributed by atoms with van der Waals surface area (Å²) < 4.78 is 17.3. The second kappa shape index (κ2) is 8.00. The fourth-order valence-electron chi connectivity index (χ4n) is 4.06. The highest BCUT2D eigenvalue weighted by Crippen LogP contribution is 2.35. The molecule has 7 nitrogen and oxygen atoms in total. The molecule has 5 rings (SSSR count). The first-order valence-electron chi connectivity index (χ1n) is 10.4. The molecule has 31 heavy (non-hydrogen) atoms. The van der Waals surface area contributed by atoms with Crippen LogP contribution >= 0.6 is 0 Å². The summed E-state index contributed by atoms with van der Waals surface area (Å²) in [6.07, 6.45) is 0.431. The van der Waals surface area contributed by atoms with Crippen molar-refractivity contribution in [3.8, 4) is 34.2 Å². The van der Waals surface area contributed by atoms with Crippen LogP contribution in [0.5, 0.6) is 0 Å². The van der Waals surface area contributed by atoms with E-state index in [1.807, 2.05) is 49.4 Å². The highest BCUT2D eigenvalue weighted by atomic mass is 16.5. The van der Waals surface area contributed by atoms with E-state index in [1.165, 1.54) is 0 Å². The molecule has 1 aliphatic rings. The van der Waals surface area contributed by atoms with E-state index in [0.29, 0.717) is 23.2 Å². The number of aromatic nitrogens is 3. The Bertz CT molecular complexity index is 1160. The monoisotopic (exact) mass is 416 g/mol. The molecule has 3 heterocycles. The summed E-state index contributed by atoms with van der Waals surface area (Å²) in [5.74, 6) is 1.50. The largest absolute Gasteiger partial charge is 0.416 e. The number of ether oxygens (including phenoxy) is 1. The molecular formula is C24H24N4O3. The van der Waals surface area contributed by atoms with Gasteiger partial charge in [0, 0.05) is 29.9 Å². The van der Waals surface area contributed by atoms with Crippen molar-refractivity contribution in [1.29, 1.82) is 0 Å².